The van der Waals surface area contributed by atoms with E-state index in [2.05, 4.69) is 10.3 Å². The zero-order valence-corrected chi connectivity index (χ0v) is 16.7. The van der Waals surface area contributed by atoms with Crippen LogP contribution < -0.4 is 5.32 Å². The molecular formula is C24H18F4N2O2. The van der Waals surface area contributed by atoms with E-state index in [4.69, 9.17) is 4.42 Å². The first kappa shape index (κ1) is 21.5. The number of nitrogens with zero attached hydrogens (tertiary/aromatic N) is 1. The van der Waals surface area contributed by atoms with Crippen molar-refractivity contribution < 1.29 is 26.8 Å². The Labute approximate surface area is 180 Å². The van der Waals surface area contributed by atoms with Crippen LogP contribution >= 0.6 is 0 Å². The average Bonchev–Trinajstić information content (AvgIpc) is 3.20. The van der Waals surface area contributed by atoms with E-state index in [0.717, 1.165) is 12.1 Å². The Hall–Kier alpha value is -3.68. The lowest BCUT2D eigenvalue weighted by atomic mass is 9.95. The second kappa shape index (κ2) is 8.82. The maximum Gasteiger partial charge on any atom is 0.416 e. The summed E-state index contributed by atoms with van der Waals surface area (Å²) in [6, 6.07) is 17.5. The summed E-state index contributed by atoms with van der Waals surface area (Å²) in [5, 5.41) is 2.71. The van der Waals surface area contributed by atoms with E-state index in [1.165, 1.54) is 24.3 Å². The molecule has 1 aromatic heterocycles. The predicted molar refractivity (Wildman–Crippen MR) is 110 cm³/mol. The predicted octanol–water partition coefficient (Wildman–Crippen LogP) is 5.82. The highest BCUT2D eigenvalue weighted by Crippen LogP contribution is 2.31. The van der Waals surface area contributed by atoms with Gasteiger partial charge in [-0.1, -0.05) is 36.4 Å². The van der Waals surface area contributed by atoms with Crippen LogP contribution in [0.4, 0.5) is 17.6 Å². The summed E-state index contributed by atoms with van der Waals surface area (Å²) in [5.74, 6) is -0.989. The number of amides is 1. The van der Waals surface area contributed by atoms with Gasteiger partial charge in [-0.15, -0.1) is 0 Å². The van der Waals surface area contributed by atoms with Gasteiger partial charge in [0.2, 0.25) is 11.8 Å². The molecular weight excluding hydrogens is 424 g/mol. The zero-order chi connectivity index (χ0) is 22.7. The third-order valence-corrected chi connectivity index (χ3v) is 5.04. The van der Waals surface area contributed by atoms with Gasteiger partial charge in [-0.3, -0.25) is 4.79 Å². The van der Waals surface area contributed by atoms with Crippen LogP contribution in [0.5, 0.6) is 0 Å². The van der Waals surface area contributed by atoms with Crippen molar-refractivity contribution in [1.29, 1.82) is 0 Å². The van der Waals surface area contributed by atoms with E-state index in [1.807, 2.05) is 6.07 Å². The standard InChI is InChI=1S/C24H18F4N2O2/c25-18-11-7-16(8-12-18)19(23-30-20-3-1-2-4-21(20)32-23)13-22(31)29-14-15-5-9-17(10-6-15)24(26,27)28/h1-12,19H,13-14H2,(H,29,31). The molecule has 0 saturated carbocycles. The molecule has 0 radical (unpaired) electrons. The summed E-state index contributed by atoms with van der Waals surface area (Å²) < 4.78 is 57.3. The van der Waals surface area contributed by atoms with Crippen molar-refractivity contribution in [2.75, 3.05) is 0 Å². The van der Waals surface area contributed by atoms with Crippen LogP contribution in [0, 0.1) is 5.82 Å². The highest BCUT2D eigenvalue weighted by Gasteiger charge is 2.30. The first-order valence-corrected chi connectivity index (χ1v) is 9.83. The van der Waals surface area contributed by atoms with Crippen molar-refractivity contribution in [1.82, 2.24) is 10.3 Å². The molecule has 3 aromatic carbocycles. The van der Waals surface area contributed by atoms with Crippen LogP contribution in [0.2, 0.25) is 0 Å². The van der Waals surface area contributed by atoms with Gasteiger partial charge in [0, 0.05) is 13.0 Å². The van der Waals surface area contributed by atoms with E-state index in [0.29, 0.717) is 28.1 Å². The topological polar surface area (TPSA) is 55.1 Å². The largest absolute Gasteiger partial charge is 0.440 e. The molecule has 4 aromatic rings. The molecule has 1 heterocycles. The van der Waals surface area contributed by atoms with Crippen LogP contribution in [0.1, 0.15) is 34.9 Å². The Kier molecular flexibility index (Phi) is 5.94. The number of fused-ring (bicyclic) bond motifs is 1. The molecule has 0 aliphatic heterocycles. The minimum atomic E-state index is -4.41. The Morgan fingerprint density at radius 2 is 1.66 bits per heavy atom. The van der Waals surface area contributed by atoms with Gasteiger partial charge in [0.05, 0.1) is 11.5 Å². The van der Waals surface area contributed by atoms with E-state index in [9.17, 15) is 22.4 Å². The average molecular weight is 442 g/mol. The normalized spacial score (nSPS) is 12.6. The first-order chi connectivity index (χ1) is 15.3. The fourth-order valence-electron chi connectivity index (χ4n) is 3.35. The molecule has 1 unspecified atom stereocenters. The Bertz CT molecular complexity index is 1180. The molecule has 0 bridgehead atoms. The van der Waals surface area contributed by atoms with Gasteiger partial charge in [0.15, 0.2) is 5.58 Å². The molecule has 0 fully saturated rings. The second-order valence-corrected chi connectivity index (χ2v) is 7.30. The van der Waals surface area contributed by atoms with Crippen molar-refractivity contribution in [3.63, 3.8) is 0 Å². The van der Waals surface area contributed by atoms with Crippen LogP contribution in [0.15, 0.2) is 77.2 Å². The summed E-state index contributed by atoms with van der Waals surface area (Å²) in [6.45, 7) is 0.0701. The summed E-state index contributed by atoms with van der Waals surface area (Å²) in [5.41, 5.74) is 1.65. The third kappa shape index (κ3) is 4.96. The molecule has 4 nitrogen and oxygen atoms in total. The molecule has 1 N–H and O–H groups in total. The quantitative estimate of drug-likeness (QED) is 0.383. The lowest BCUT2D eigenvalue weighted by molar-refractivity contribution is -0.137. The van der Waals surface area contributed by atoms with Crippen LogP contribution in [-0.2, 0) is 17.5 Å². The molecule has 8 heteroatoms. The lowest BCUT2D eigenvalue weighted by Crippen LogP contribution is -2.25. The van der Waals surface area contributed by atoms with Crippen molar-refractivity contribution in [2.45, 2.75) is 25.1 Å². The van der Waals surface area contributed by atoms with Gasteiger partial charge in [0.1, 0.15) is 11.3 Å². The Balaban J connectivity index is 1.50. The number of carbonyl (C=O) groups excluding carboxylic acids is 1. The third-order valence-electron chi connectivity index (χ3n) is 5.04. The number of carbonyl (C=O) groups is 1. The number of para-hydroxylation sites is 2. The molecule has 1 amide bonds. The van der Waals surface area contributed by atoms with Gasteiger partial charge in [-0.2, -0.15) is 13.2 Å². The highest BCUT2D eigenvalue weighted by molar-refractivity contribution is 5.78. The van der Waals surface area contributed by atoms with Gasteiger partial charge >= 0.3 is 6.18 Å². The highest BCUT2D eigenvalue weighted by atomic mass is 19.4. The number of halogens is 4. The summed E-state index contributed by atoms with van der Waals surface area (Å²) in [7, 11) is 0. The smallest absolute Gasteiger partial charge is 0.416 e. The summed E-state index contributed by atoms with van der Waals surface area (Å²) >= 11 is 0. The Morgan fingerprint density at radius 1 is 0.969 bits per heavy atom. The number of hydrogen-bond donors (Lipinski definition) is 1. The van der Waals surface area contributed by atoms with Gasteiger partial charge in [0.25, 0.3) is 0 Å². The van der Waals surface area contributed by atoms with E-state index < -0.39 is 23.5 Å². The SMILES string of the molecule is O=C(CC(c1ccc(F)cc1)c1nc2ccccc2o1)NCc1ccc(C(F)(F)F)cc1. The number of aromatic nitrogens is 1. The Morgan fingerprint density at radius 3 is 2.31 bits per heavy atom. The maximum atomic E-state index is 13.4. The number of oxazole rings is 1. The summed E-state index contributed by atoms with van der Waals surface area (Å²) in [4.78, 5) is 17.1. The number of benzene rings is 3. The first-order valence-electron chi connectivity index (χ1n) is 9.83. The van der Waals surface area contributed by atoms with E-state index >= 15 is 0 Å². The zero-order valence-electron chi connectivity index (χ0n) is 16.7. The maximum absolute atomic E-state index is 13.4. The van der Waals surface area contributed by atoms with E-state index in [-0.39, 0.29) is 18.9 Å². The van der Waals surface area contributed by atoms with Gasteiger partial charge in [-0.25, -0.2) is 9.37 Å². The van der Waals surface area contributed by atoms with Crippen LogP contribution in [-0.4, -0.2) is 10.9 Å². The van der Waals surface area contributed by atoms with Crippen LogP contribution in [0.3, 0.4) is 0 Å². The number of alkyl halides is 3. The molecule has 4 rings (SSSR count). The van der Waals surface area contributed by atoms with Crippen molar-refractivity contribution in [3.8, 4) is 0 Å². The van der Waals surface area contributed by atoms with Gasteiger partial charge < -0.3 is 9.73 Å². The molecule has 0 saturated heterocycles. The van der Waals surface area contributed by atoms with Crippen molar-refractivity contribution in [2.24, 2.45) is 0 Å². The molecule has 0 aliphatic rings. The minimum absolute atomic E-state index is 0.0287. The van der Waals surface area contributed by atoms with Crippen LogP contribution in [0.25, 0.3) is 11.1 Å². The number of rotatable bonds is 6. The minimum Gasteiger partial charge on any atom is -0.440 e. The lowest BCUT2D eigenvalue weighted by Gasteiger charge is -2.14. The fourth-order valence-corrected chi connectivity index (χ4v) is 3.35. The van der Waals surface area contributed by atoms with E-state index in [1.54, 1.807) is 30.3 Å². The molecule has 0 spiro atoms. The summed E-state index contributed by atoms with van der Waals surface area (Å²) in [6.07, 6.45) is -4.44. The monoisotopic (exact) mass is 442 g/mol. The second-order valence-electron chi connectivity index (χ2n) is 7.30. The molecule has 32 heavy (non-hydrogen) atoms. The van der Waals surface area contributed by atoms with Crippen molar-refractivity contribution >= 4 is 17.0 Å². The van der Waals surface area contributed by atoms with Gasteiger partial charge in [-0.05, 0) is 47.5 Å². The molecule has 0 aliphatic carbocycles. The number of hydrogen-bond acceptors (Lipinski definition) is 3. The molecule has 164 valence electrons. The molecule has 1 atom stereocenters. The number of nitrogens with one attached hydrogen (secondary N) is 1. The van der Waals surface area contributed by atoms with Crippen molar-refractivity contribution in [3.05, 3.63) is 101 Å². The fraction of sp³-hybridized carbons (Fsp3) is 0.167.